The molecule has 0 fully saturated rings. The molecule has 1 N–H and O–H groups in total. The van der Waals surface area contributed by atoms with Crippen LogP contribution in [0.1, 0.15) is 31.4 Å². The first-order chi connectivity index (χ1) is 8.58. The highest BCUT2D eigenvalue weighted by Crippen LogP contribution is 2.15. The average Bonchev–Trinajstić information content (AvgIpc) is 2.86. The van der Waals surface area contributed by atoms with Gasteiger partial charge in [0.1, 0.15) is 12.2 Å². The first-order valence-corrected chi connectivity index (χ1v) is 6.20. The lowest BCUT2D eigenvalue weighted by Gasteiger charge is -2.12. The van der Waals surface area contributed by atoms with Crippen molar-refractivity contribution in [1.82, 2.24) is 24.3 Å². The Kier molecular flexibility index (Phi) is 3.64. The van der Waals surface area contributed by atoms with E-state index in [1.54, 1.807) is 6.33 Å². The number of rotatable bonds is 5. The van der Waals surface area contributed by atoms with Gasteiger partial charge in [-0.3, -0.25) is 0 Å². The lowest BCUT2D eigenvalue weighted by molar-refractivity contribution is 0.603. The fourth-order valence-corrected chi connectivity index (χ4v) is 1.86. The van der Waals surface area contributed by atoms with Gasteiger partial charge in [0.15, 0.2) is 0 Å². The van der Waals surface area contributed by atoms with Crippen LogP contribution in [0.3, 0.4) is 0 Å². The van der Waals surface area contributed by atoms with E-state index >= 15 is 0 Å². The van der Waals surface area contributed by atoms with Crippen molar-refractivity contribution in [1.29, 1.82) is 0 Å². The maximum atomic E-state index is 4.48. The van der Waals surface area contributed by atoms with E-state index in [1.165, 1.54) is 0 Å². The SMILES string of the molecule is Cc1cn(C(C)C)c(NCCc2nncn2C)n1. The molecule has 2 aromatic rings. The fourth-order valence-electron chi connectivity index (χ4n) is 1.86. The summed E-state index contributed by atoms with van der Waals surface area (Å²) >= 11 is 0. The van der Waals surface area contributed by atoms with Crippen molar-refractivity contribution in [2.75, 3.05) is 11.9 Å². The Morgan fingerprint density at radius 1 is 1.39 bits per heavy atom. The smallest absolute Gasteiger partial charge is 0.203 e. The number of anilines is 1. The van der Waals surface area contributed by atoms with Crippen molar-refractivity contribution in [2.45, 2.75) is 33.2 Å². The minimum atomic E-state index is 0.406. The van der Waals surface area contributed by atoms with Gasteiger partial charge in [-0.2, -0.15) is 0 Å². The van der Waals surface area contributed by atoms with E-state index < -0.39 is 0 Å². The van der Waals surface area contributed by atoms with E-state index in [4.69, 9.17) is 0 Å². The molecule has 0 aliphatic heterocycles. The van der Waals surface area contributed by atoms with Crippen LogP contribution in [0.5, 0.6) is 0 Å². The molecular formula is C12H20N6. The number of nitrogens with one attached hydrogen (secondary N) is 1. The Morgan fingerprint density at radius 2 is 2.17 bits per heavy atom. The Morgan fingerprint density at radius 3 is 2.78 bits per heavy atom. The topological polar surface area (TPSA) is 60.6 Å². The highest BCUT2D eigenvalue weighted by molar-refractivity contribution is 5.29. The summed E-state index contributed by atoms with van der Waals surface area (Å²) in [5.41, 5.74) is 1.03. The third-order valence-electron chi connectivity index (χ3n) is 2.85. The van der Waals surface area contributed by atoms with E-state index in [2.05, 4.69) is 45.1 Å². The maximum Gasteiger partial charge on any atom is 0.203 e. The number of hydrogen-bond acceptors (Lipinski definition) is 4. The molecule has 0 aromatic carbocycles. The summed E-state index contributed by atoms with van der Waals surface area (Å²) in [4.78, 5) is 4.48. The molecule has 0 aliphatic rings. The zero-order chi connectivity index (χ0) is 13.1. The van der Waals surface area contributed by atoms with Crippen LogP contribution in [0.25, 0.3) is 0 Å². The van der Waals surface area contributed by atoms with E-state index in [0.29, 0.717) is 6.04 Å². The molecule has 6 heteroatoms. The quantitative estimate of drug-likeness (QED) is 0.872. The van der Waals surface area contributed by atoms with Crippen LogP contribution in [0.4, 0.5) is 5.95 Å². The Bertz CT molecular complexity index is 510. The first-order valence-electron chi connectivity index (χ1n) is 6.20. The van der Waals surface area contributed by atoms with Crippen molar-refractivity contribution in [2.24, 2.45) is 7.05 Å². The van der Waals surface area contributed by atoms with Crippen molar-refractivity contribution in [3.05, 3.63) is 24.0 Å². The molecule has 2 rings (SSSR count). The number of aryl methyl sites for hydroxylation is 2. The number of aromatic nitrogens is 5. The Hall–Kier alpha value is -1.85. The van der Waals surface area contributed by atoms with Gasteiger partial charge >= 0.3 is 0 Å². The summed E-state index contributed by atoms with van der Waals surface area (Å²) in [6, 6.07) is 0.406. The summed E-state index contributed by atoms with van der Waals surface area (Å²) in [7, 11) is 1.95. The molecule has 2 aromatic heterocycles. The second-order valence-corrected chi connectivity index (χ2v) is 4.74. The Labute approximate surface area is 107 Å². The number of imidazole rings is 1. The molecule has 18 heavy (non-hydrogen) atoms. The number of nitrogens with zero attached hydrogens (tertiary/aromatic N) is 5. The normalized spacial score (nSPS) is 11.2. The average molecular weight is 248 g/mol. The van der Waals surface area contributed by atoms with Gasteiger partial charge in [-0.25, -0.2) is 4.98 Å². The second-order valence-electron chi connectivity index (χ2n) is 4.74. The van der Waals surface area contributed by atoms with E-state index in [-0.39, 0.29) is 0 Å². The molecule has 0 spiro atoms. The third kappa shape index (κ3) is 2.69. The summed E-state index contributed by atoms with van der Waals surface area (Å²) in [5.74, 6) is 1.89. The highest BCUT2D eigenvalue weighted by Gasteiger charge is 2.08. The summed E-state index contributed by atoms with van der Waals surface area (Å²) in [6.07, 6.45) is 4.62. The molecule has 0 atom stereocenters. The largest absolute Gasteiger partial charge is 0.355 e. The predicted octanol–water partition coefficient (Wildman–Crippen LogP) is 1.56. The van der Waals surface area contributed by atoms with Gasteiger partial charge in [0, 0.05) is 32.3 Å². The fraction of sp³-hybridized carbons (Fsp3) is 0.583. The van der Waals surface area contributed by atoms with Gasteiger partial charge in [-0.1, -0.05) is 0 Å². The molecule has 0 radical (unpaired) electrons. The van der Waals surface area contributed by atoms with E-state index in [1.807, 2.05) is 18.5 Å². The predicted molar refractivity (Wildman–Crippen MR) is 70.5 cm³/mol. The molecule has 0 bridgehead atoms. The lowest BCUT2D eigenvalue weighted by atomic mass is 10.4. The standard InChI is InChI=1S/C12H20N6/c1-9(2)18-7-10(3)15-12(18)13-6-5-11-16-14-8-17(11)4/h7-9H,5-6H2,1-4H3,(H,13,15). The van der Waals surface area contributed by atoms with Gasteiger partial charge in [0.2, 0.25) is 5.95 Å². The van der Waals surface area contributed by atoms with Gasteiger partial charge in [0.25, 0.3) is 0 Å². The second kappa shape index (κ2) is 5.20. The third-order valence-corrected chi connectivity index (χ3v) is 2.85. The van der Waals surface area contributed by atoms with Crippen LogP contribution in [-0.2, 0) is 13.5 Å². The molecular weight excluding hydrogens is 228 g/mol. The van der Waals surface area contributed by atoms with Crippen LogP contribution < -0.4 is 5.32 Å². The van der Waals surface area contributed by atoms with Crippen LogP contribution in [0, 0.1) is 6.92 Å². The molecule has 0 amide bonds. The first kappa shape index (κ1) is 12.6. The van der Waals surface area contributed by atoms with Crippen LogP contribution in [0.15, 0.2) is 12.5 Å². The monoisotopic (exact) mass is 248 g/mol. The van der Waals surface area contributed by atoms with Crippen LogP contribution in [-0.4, -0.2) is 30.9 Å². The summed E-state index contributed by atoms with van der Waals surface area (Å²) in [5, 5.41) is 11.3. The maximum absolute atomic E-state index is 4.48. The van der Waals surface area contributed by atoms with Crippen LogP contribution in [0.2, 0.25) is 0 Å². The molecule has 0 aliphatic carbocycles. The van der Waals surface area contributed by atoms with Gasteiger partial charge < -0.3 is 14.5 Å². The molecule has 0 saturated heterocycles. The molecule has 2 heterocycles. The van der Waals surface area contributed by atoms with Crippen molar-refractivity contribution in [3.8, 4) is 0 Å². The molecule has 0 unspecified atom stereocenters. The van der Waals surface area contributed by atoms with E-state index in [0.717, 1.165) is 30.4 Å². The number of hydrogen-bond donors (Lipinski definition) is 1. The van der Waals surface area contributed by atoms with E-state index in [9.17, 15) is 0 Å². The van der Waals surface area contributed by atoms with Crippen molar-refractivity contribution >= 4 is 5.95 Å². The minimum Gasteiger partial charge on any atom is -0.355 e. The lowest BCUT2D eigenvalue weighted by Crippen LogP contribution is -2.13. The molecule has 6 nitrogen and oxygen atoms in total. The Balaban J connectivity index is 1.96. The van der Waals surface area contributed by atoms with Gasteiger partial charge in [0.05, 0.1) is 5.69 Å². The minimum absolute atomic E-state index is 0.406. The van der Waals surface area contributed by atoms with Crippen LogP contribution >= 0.6 is 0 Å². The van der Waals surface area contributed by atoms with Gasteiger partial charge in [-0.05, 0) is 20.8 Å². The summed E-state index contributed by atoms with van der Waals surface area (Å²) < 4.78 is 4.08. The van der Waals surface area contributed by atoms with Crippen molar-refractivity contribution in [3.63, 3.8) is 0 Å². The summed E-state index contributed by atoms with van der Waals surface area (Å²) in [6.45, 7) is 7.10. The highest BCUT2D eigenvalue weighted by atomic mass is 15.3. The molecule has 98 valence electrons. The van der Waals surface area contributed by atoms with Crippen molar-refractivity contribution < 1.29 is 0 Å². The molecule has 0 saturated carbocycles. The van der Waals surface area contributed by atoms with Gasteiger partial charge in [-0.15, -0.1) is 10.2 Å². The zero-order valence-corrected chi connectivity index (χ0v) is 11.4. The zero-order valence-electron chi connectivity index (χ0n) is 11.4.